The Balaban J connectivity index is 1.65. The van der Waals surface area contributed by atoms with Gasteiger partial charge in [0.05, 0.1) is 25.4 Å². The molecule has 2 N–H and O–H groups in total. The van der Waals surface area contributed by atoms with Crippen LogP contribution in [0.3, 0.4) is 0 Å². The van der Waals surface area contributed by atoms with Crippen molar-refractivity contribution in [3.05, 3.63) is 0 Å². The zero-order valence-corrected chi connectivity index (χ0v) is 34.3. The minimum atomic E-state index is -0.317. The van der Waals surface area contributed by atoms with Crippen LogP contribution in [0.1, 0.15) is 227 Å². The molecule has 0 bridgehead atoms. The van der Waals surface area contributed by atoms with Gasteiger partial charge in [-0.1, -0.05) is 137 Å². The molecule has 2 heterocycles. The first-order valence-corrected chi connectivity index (χ1v) is 22.6. The lowest BCUT2D eigenvalue weighted by Crippen LogP contribution is -2.32. The van der Waals surface area contributed by atoms with Gasteiger partial charge in [-0.2, -0.15) is 0 Å². The number of nitrogens with zero attached hydrogens (tertiary/aromatic N) is 1. The van der Waals surface area contributed by atoms with Gasteiger partial charge < -0.3 is 24.7 Å². The predicted molar refractivity (Wildman–Crippen MR) is 214 cm³/mol. The molecular weight excluding hydrogens is 620 g/mol. The maximum absolute atomic E-state index is 6.74. The van der Waals surface area contributed by atoms with Crippen molar-refractivity contribution in [2.75, 3.05) is 33.0 Å². The Morgan fingerprint density at radius 3 is 1.10 bits per heavy atom. The van der Waals surface area contributed by atoms with E-state index in [1.54, 1.807) is 0 Å². The van der Waals surface area contributed by atoms with Crippen molar-refractivity contribution in [3.63, 3.8) is 0 Å². The van der Waals surface area contributed by atoms with E-state index in [4.69, 9.17) is 24.7 Å². The van der Waals surface area contributed by atoms with Crippen molar-refractivity contribution in [3.8, 4) is 0 Å². The number of hydrogen-bond acceptors (Lipinski definition) is 6. The van der Waals surface area contributed by atoms with Crippen LogP contribution in [0.4, 0.5) is 0 Å². The highest BCUT2D eigenvalue weighted by molar-refractivity contribution is 4.81. The Morgan fingerprint density at radius 1 is 0.440 bits per heavy atom. The van der Waals surface area contributed by atoms with Crippen LogP contribution in [0.5, 0.6) is 0 Å². The molecule has 0 saturated carbocycles. The zero-order valence-electron chi connectivity index (χ0n) is 34.3. The summed E-state index contributed by atoms with van der Waals surface area (Å²) in [5.41, 5.74) is 6.20. The molecule has 0 aromatic heterocycles. The summed E-state index contributed by atoms with van der Waals surface area (Å²) >= 11 is 0. The molecule has 2 rings (SSSR count). The molecule has 0 aromatic rings. The van der Waals surface area contributed by atoms with Gasteiger partial charge in [0.2, 0.25) is 0 Å². The van der Waals surface area contributed by atoms with Crippen LogP contribution in [0.15, 0.2) is 0 Å². The van der Waals surface area contributed by atoms with Gasteiger partial charge in [-0.05, 0) is 77.3 Å². The minimum Gasteiger partial charge on any atom is -0.347 e. The molecule has 0 amide bonds. The molecule has 2 fully saturated rings. The molecule has 0 aromatic carbocycles. The van der Waals surface area contributed by atoms with E-state index >= 15 is 0 Å². The third kappa shape index (κ3) is 20.9. The van der Waals surface area contributed by atoms with Crippen molar-refractivity contribution in [2.24, 2.45) is 5.73 Å². The summed E-state index contributed by atoms with van der Waals surface area (Å²) in [6.45, 7) is 13.5. The summed E-state index contributed by atoms with van der Waals surface area (Å²) in [6, 6.07) is 0. The van der Waals surface area contributed by atoms with Gasteiger partial charge in [-0.15, -0.1) is 0 Å². The van der Waals surface area contributed by atoms with E-state index in [1.807, 2.05) is 0 Å². The molecule has 2 saturated heterocycles. The van der Waals surface area contributed by atoms with Crippen LogP contribution in [-0.4, -0.2) is 61.7 Å². The van der Waals surface area contributed by atoms with Gasteiger partial charge in [0.15, 0.2) is 11.6 Å². The van der Waals surface area contributed by atoms with Gasteiger partial charge in [0.1, 0.15) is 0 Å². The largest absolute Gasteiger partial charge is 0.347 e. The number of rotatable bonds is 36. The predicted octanol–water partition coefficient (Wildman–Crippen LogP) is 12.6. The van der Waals surface area contributed by atoms with E-state index in [1.165, 1.54) is 161 Å². The van der Waals surface area contributed by atoms with Crippen LogP contribution in [0.25, 0.3) is 0 Å². The highest BCUT2D eigenvalue weighted by Gasteiger charge is 2.41. The van der Waals surface area contributed by atoms with Gasteiger partial charge in [0.25, 0.3) is 0 Å². The van der Waals surface area contributed by atoms with Crippen molar-refractivity contribution in [1.29, 1.82) is 0 Å². The first-order chi connectivity index (χ1) is 24.5. The fourth-order valence-corrected chi connectivity index (χ4v) is 8.17. The van der Waals surface area contributed by atoms with Gasteiger partial charge in [-0.25, -0.2) is 0 Å². The van der Waals surface area contributed by atoms with Gasteiger partial charge in [0, 0.05) is 32.4 Å². The molecule has 6 nitrogen and oxygen atoms in total. The molecule has 0 spiro atoms. The topological polar surface area (TPSA) is 66.2 Å². The summed E-state index contributed by atoms with van der Waals surface area (Å²) in [5.74, 6) is -0.634. The quantitative estimate of drug-likeness (QED) is 0.0516. The van der Waals surface area contributed by atoms with E-state index < -0.39 is 0 Å². The SMILES string of the molecule is CCCCCCCCCC1(CCCCCC)OCC(CCCCN(CN)CCCCC2COC(CCCCCC)(CCCCCCCC)O2)O1. The molecule has 6 heteroatoms. The highest BCUT2D eigenvalue weighted by Crippen LogP contribution is 2.37. The Morgan fingerprint density at radius 2 is 0.760 bits per heavy atom. The molecule has 0 aliphatic carbocycles. The average Bonchev–Trinajstić information content (AvgIpc) is 3.73. The standard InChI is InChI=1S/C44H88N2O4/c1-5-9-13-17-19-21-27-35-44(33-25-16-12-8-4)48-39-42(50-44)31-23-29-37-46(40-45)36-28-22-30-41-38-47-43(49-41,32-24-15-11-7-3)34-26-20-18-14-10-6-2/h41-42H,5-40,45H2,1-4H3. The van der Waals surface area contributed by atoms with Gasteiger partial charge >= 0.3 is 0 Å². The first kappa shape index (κ1) is 45.9. The van der Waals surface area contributed by atoms with E-state index in [9.17, 15) is 0 Å². The van der Waals surface area contributed by atoms with Crippen molar-refractivity contribution < 1.29 is 18.9 Å². The van der Waals surface area contributed by atoms with Crippen molar-refractivity contribution in [2.45, 2.75) is 251 Å². The molecular formula is C44H88N2O4. The van der Waals surface area contributed by atoms with Crippen LogP contribution in [0.2, 0.25) is 0 Å². The molecule has 2 aliphatic rings. The Hall–Kier alpha value is -0.240. The van der Waals surface area contributed by atoms with E-state index in [2.05, 4.69) is 32.6 Å². The number of hydrogen-bond donors (Lipinski definition) is 1. The van der Waals surface area contributed by atoms with E-state index in [0.717, 1.165) is 64.8 Å². The Labute approximate surface area is 312 Å². The van der Waals surface area contributed by atoms with Crippen LogP contribution < -0.4 is 5.73 Å². The number of unbranched alkanes of at least 4 members (excludes halogenated alkanes) is 19. The van der Waals surface area contributed by atoms with Crippen molar-refractivity contribution >= 4 is 0 Å². The van der Waals surface area contributed by atoms with E-state index in [-0.39, 0.29) is 23.8 Å². The summed E-state index contributed by atoms with van der Waals surface area (Å²) < 4.78 is 26.4. The van der Waals surface area contributed by atoms with Crippen molar-refractivity contribution in [1.82, 2.24) is 4.90 Å². The lowest BCUT2D eigenvalue weighted by Gasteiger charge is -2.29. The van der Waals surface area contributed by atoms with Gasteiger partial charge in [-0.3, -0.25) is 4.90 Å². The van der Waals surface area contributed by atoms with Crippen LogP contribution in [-0.2, 0) is 18.9 Å². The van der Waals surface area contributed by atoms with E-state index in [0.29, 0.717) is 6.67 Å². The fourth-order valence-electron chi connectivity index (χ4n) is 8.17. The Kier molecular flexibility index (Phi) is 27.7. The molecule has 4 atom stereocenters. The second-order valence-corrected chi connectivity index (χ2v) is 16.2. The molecule has 2 aliphatic heterocycles. The molecule has 50 heavy (non-hydrogen) atoms. The lowest BCUT2D eigenvalue weighted by molar-refractivity contribution is -0.180. The summed E-state index contributed by atoms with van der Waals surface area (Å²) in [7, 11) is 0. The lowest BCUT2D eigenvalue weighted by atomic mass is 9.99. The fraction of sp³-hybridized carbons (Fsp3) is 1.00. The first-order valence-electron chi connectivity index (χ1n) is 22.6. The highest BCUT2D eigenvalue weighted by atomic mass is 16.7. The zero-order chi connectivity index (χ0) is 36.0. The third-order valence-corrected chi connectivity index (χ3v) is 11.5. The van der Waals surface area contributed by atoms with Crippen LogP contribution in [0, 0.1) is 0 Å². The Bertz CT molecular complexity index is 756. The summed E-state index contributed by atoms with van der Waals surface area (Å²) in [4.78, 5) is 2.44. The summed E-state index contributed by atoms with van der Waals surface area (Å²) in [6.07, 6.45) is 39.2. The normalized spacial score (nSPS) is 23.9. The minimum absolute atomic E-state index is 0.255. The average molecular weight is 709 g/mol. The summed E-state index contributed by atoms with van der Waals surface area (Å²) in [5, 5.41) is 0. The monoisotopic (exact) mass is 709 g/mol. The maximum Gasteiger partial charge on any atom is 0.168 e. The number of ether oxygens (including phenoxy) is 4. The molecule has 4 unspecified atom stereocenters. The number of nitrogens with two attached hydrogens (primary N) is 1. The molecule has 298 valence electrons. The van der Waals surface area contributed by atoms with Crippen LogP contribution >= 0.6 is 0 Å². The second-order valence-electron chi connectivity index (χ2n) is 16.2. The molecule has 0 radical (unpaired) electrons. The third-order valence-electron chi connectivity index (χ3n) is 11.5. The smallest absolute Gasteiger partial charge is 0.168 e. The second kappa shape index (κ2) is 30.1. The maximum atomic E-state index is 6.74.